The van der Waals surface area contributed by atoms with Gasteiger partial charge in [0.1, 0.15) is 0 Å². The maximum atomic E-state index is 12.0. The van der Waals surface area contributed by atoms with Crippen molar-refractivity contribution in [2.45, 2.75) is 59.3 Å². The largest absolute Gasteiger partial charge is 0.343 e. The van der Waals surface area contributed by atoms with Gasteiger partial charge in [0.2, 0.25) is 5.91 Å². The molecule has 0 aliphatic carbocycles. The second-order valence-electron chi connectivity index (χ2n) is 5.62. The van der Waals surface area contributed by atoms with E-state index >= 15 is 0 Å². The van der Waals surface area contributed by atoms with Crippen LogP contribution < -0.4 is 0 Å². The zero-order valence-electron chi connectivity index (χ0n) is 12.2. The Morgan fingerprint density at radius 3 is 2.56 bits per heavy atom. The molecule has 1 aliphatic heterocycles. The van der Waals surface area contributed by atoms with E-state index in [4.69, 9.17) is 0 Å². The van der Waals surface area contributed by atoms with Crippen molar-refractivity contribution in [3.8, 4) is 11.8 Å². The summed E-state index contributed by atoms with van der Waals surface area (Å²) in [6.07, 6.45) is 5.97. The van der Waals surface area contributed by atoms with Gasteiger partial charge in [-0.05, 0) is 25.2 Å². The van der Waals surface area contributed by atoms with E-state index in [9.17, 15) is 4.79 Å². The predicted octanol–water partition coefficient (Wildman–Crippen LogP) is 3.46. The fourth-order valence-corrected chi connectivity index (χ4v) is 2.34. The van der Waals surface area contributed by atoms with Crippen LogP contribution in [0.5, 0.6) is 0 Å². The Kier molecular flexibility index (Phi) is 6.86. The Balaban J connectivity index is 2.23. The summed E-state index contributed by atoms with van der Waals surface area (Å²) in [4.78, 5) is 14.0. The number of carbonyl (C=O) groups is 1. The smallest absolute Gasteiger partial charge is 0.222 e. The number of carbonyl (C=O) groups excluding carboxylic acids is 1. The van der Waals surface area contributed by atoms with Gasteiger partial charge in [-0.3, -0.25) is 4.79 Å². The van der Waals surface area contributed by atoms with Crippen molar-refractivity contribution in [1.29, 1.82) is 0 Å². The van der Waals surface area contributed by atoms with Crippen LogP contribution in [0.4, 0.5) is 0 Å². The third kappa shape index (κ3) is 5.58. The summed E-state index contributed by atoms with van der Waals surface area (Å²) >= 11 is 0. The van der Waals surface area contributed by atoms with Gasteiger partial charge in [-0.25, -0.2) is 0 Å². The highest BCUT2D eigenvalue weighted by atomic mass is 16.2. The molecule has 1 aliphatic rings. The maximum absolute atomic E-state index is 12.0. The van der Waals surface area contributed by atoms with Crippen LogP contribution in [0.3, 0.4) is 0 Å². The van der Waals surface area contributed by atoms with Gasteiger partial charge in [0.25, 0.3) is 0 Å². The van der Waals surface area contributed by atoms with Crippen LogP contribution in [-0.4, -0.2) is 23.9 Å². The highest BCUT2D eigenvalue weighted by Gasteiger charge is 2.21. The third-order valence-electron chi connectivity index (χ3n) is 3.50. The Labute approximate surface area is 112 Å². The predicted molar refractivity (Wildman–Crippen MR) is 76.1 cm³/mol. The minimum absolute atomic E-state index is 0.345. The number of rotatable bonds is 4. The molecule has 0 aromatic rings. The molecule has 2 heteroatoms. The fourth-order valence-electron chi connectivity index (χ4n) is 2.34. The lowest BCUT2D eigenvalue weighted by atomic mass is 9.97. The molecule has 1 saturated heterocycles. The monoisotopic (exact) mass is 249 g/mol. The second kappa shape index (κ2) is 8.19. The minimum Gasteiger partial charge on any atom is -0.343 e. The second-order valence-corrected chi connectivity index (χ2v) is 5.62. The molecule has 0 radical (unpaired) electrons. The van der Waals surface area contributed by atoms with E-state index in [2.05, 4.69) is 32.6 Å². The van der Waals surface area contributed by atoms with Gasteiger partial charge >= 0.3 is 0 Å². The molecule has 0 spiro atoms. The Hall–Kier alpha value is -0.970. The van der Waals surface area contributed by atoms with Crippen LogP contribution in [0.15, 0.2) is 0 Å². The van der Waals surface area contributed by atoms with Crippen molar-refractivity contribution in [1.82, 2.24) is 4.90 Å². The van der Waals surface area contributed by atoms with Crippen molar-refractivity contribution < 1.29 is 4.79 Å². The fraction of sp³-hybridized carbons (Fsp3) is 0.812. The van der Waals surface area contributed by atoms with Gasteiger partial charge in [-0.2, -0.15) is 0 Å². The molecule has 0 aromatic heterocycles. The van der Waals surface area contributed by atoms with Crippen LogP contribution in [0.25, 0.3) is 0 Å². The standard InChI is InChI=1S/C16H27NO/c1-4-5-8-15-10-12-17(13-11-15)16(18)9-6-7-14(2)3/h14-15H,4,6-7,9-13H2,1-3H3. The first-order chi connectivity index (χ1) is 8.63. The van der Waals surface area contributed by atoms with Crippen LogP contribution in [0, 0.1) is 23.7 Å². The molecule has 1 fully saturated rings. The van der Waals surface area contributed by atoms with Gasteiger partial charge in [-0.1, -0.05) is 33.1 Å². The molecule has 1 amide bonds. The molecule has 2 nitrogen and oxygen atoms in total. The maximum Gasteiger partial charge on any atom is 0.222 e. The summed E-state index contributed by atoms with van der Waals surface area (Å²) in [6.45, 7) is 8.32. The quantitative estimate of drug-likeness (QED) is 0.699. The highest BCUT2D eigenvalue weighted by molar-refractivity contribution is 5.76. The Morgan fingerprint density at radius 2 is 2.00 bits per heavy atom. The lowest BCUT2D eigenvalue weighted by molar-refractivity contribution is -0.132. The molecule has 1 heterocycles. The summed E-state index contributed by atoms with van der Waals surface area (Å²) in [6, 6.07) is 0. The molecule has 0 atom stereocenters. The Morgan fingerprint density at radius 1 is 1.33 bits per heavy atom. The normalized spacial score (nSPS) is 16.6. The van der Waals surface area contributed by atoms with Crippen molar-refractivity contribution in [2.24, 2.45) is 11.8 Å². The summed E-state index contributed by atoms with van der Waals surface area (Å²) < 4.78 is 0. The van der Waals surface area contributed by atoms with E-state index in [1.807, 2.05) is 4.90 Å². The van der Waals surface area contributed by atoms with E-state index in [1.54, 1.807) is 0 Å². The van der Waals surface area contributed by atoms with Crippen LogP contribution in [0.1, 0.15) is 59.3 Å². The first-order valence-corrected chi connectivity index (χ1v) is 7.39. The number of hydrogen-bond donors (Lipinski definition) is 0. The number of hydrogen-bond acceptors (Lipinski definition) is 1. The zero-order valence-corrected chi connectivity index (χ0v) is 12.2. The van der Waals surface area contributed by atoms with Gasteiger partial charge in [0.15, 0.2) is 0 Å². The minimum atomic E-state index is 0.345. The topological polar surface area (TPSA) is 20.3 Å². The van der Waals surface area contributed by atoms with Gasteiger partial charge in [0.05, 0.1) is 0 Å². The zero-order chi connectivity index (χ0) is 13.4. The summed E-state index contributed by atoms with van der Waals surface area (Å²) in [7, 11) is 0. The van der Waals surface area contributed by atoms with Crippen LogP contribution in [-0.2, 0) is 4.79 Å². The highest BCUT2D eigenvalue weighted by Crippen LogP contribution is 2.18. The first kappa shape index (κ1) is 15.1. The van der Waals surface area contributed by atoms with Crippen molar-refractivity contribution in [3.05, 3.63) is 0 Å². The Bertz CT molecular complexity index is 303. The average molecular weight is 249 g/mol. The number of amides is 1. The molecule has 0 bridgehead atoms. The summed E-state index contributed by atoms with van der Waals surface area (Å²) in [5.74, 6) is 8.02. The molecule has 102 valence electrons. The molecule has 1 rings (SSSR count). The SMILES string of the molecule is CCC#CC1CCN(C(=O)CCCC(C)C)CC1. The van der Waals surface area contributed by atoms with E-state index in [-0.39, 0.29) is 0 Å². The van der Waals surface area contributed by atoms with Crippen LogP contribution >= 0.6 is 0 Å². The summed E-state index contributed by atoms with van der Waals surface area (Å²) in [5.41, 5.74) is 0. The molecule has 0 unspecified atom stereocenters. The average Bonchev–Trinajstić information content (AvgIpc) is 2.36. The molecule has 0 aromatic carbocycles. The molecule has 0 N–H and O–H groups in total. The summed E-state index contributed by atoms with van der Waals surface area (Å²) in [5, 5.41) is 0. The van der Waals surface area contributed by atoms with Crippen molar-refractivity contribution >= 4 is 5.91 Å². The van der Waals surface area contributed by atoms with E-state index in [0.29, 0.717) is 17.7 Å². The molecular formula is C16H27NO. The third-order valence-corrected chi connectivity index (χ3v) is 3.50. The molecule has 0 saturated carbocycles. The van der Waals surface area contributed by atoms with Gasteiger partial charge in [0, 0.05) is 31.8 Å². The van der Waals surface area contributed by atoms with Gasteiger partial charge < -0.3 is 4.90 Å². The van der Waals surface area contributed by atoms with Crippen molar-refractivity contribution in [3.63, 3.8) is 0 Å². The number of piperidine rings is 1. The molecular weight excluding hydrogens is 222 g/mol. The lowest BCUT2D eigenvalue weighted by Crippen LogP contribution is -2.38. The van der Waals surface area contributed by atoms with Gasteiger partial charge in [-0.15, -0.1) is 5.92 Å². The van der Waals surface area contributed by atoms with Crippen LogP contribution in [0.2, 0.25) is 0 Å². The van der Waals surface area contributed by atoms with E-state index < -0.39 is 0 Å². The van der Waals surface area contributed by atoms with E-state index in [0.717, 1.165) is 51.6 Å². The lowest BCUT2D eigenvalue weighted by Gasteiger charge is -2.30. The molecule has 18 heavy (non-hydrogen) atoms. The number of likely N-dealkylation sites (tertiary alicyclic amines) is 1. The number of nitrogens with zero attached hydrogens (tertiary/aromatic N) is 1. The van der Waals surface area contributed by atoms with E-state index in [1.165, 1.54) is 0 Å². The first-order valence-electron chi connectivity index (χ1n) is 7.39. The van der Waals surface area contributed by atoms with Crippen molar-refractivity contribution in [2.75, 3.05) is 13.1 Å².